The fourth-order valence-electron chi connectivity index (χ4n) is 4.04. The van der Waals surface area contributed by atoms with Crippen LogP contribution in [0.2, 0.25) is 0 Å². The molecule has 0 saturated carbocycles. The Balaban J connectivity index is 1.58. The predicted octanol–water partition coefficient (Wildman–Crippen LogP) is 7.33. The zero-order chi connectivity index (χ0) is 27.7. The van der Waals surface area contributed by atoms with Gasteiger partial charge in [-0.1, -0.05) is 12.1 Å². The number of ether oxygens (including phenoxy) is 1. The highest BCUT2D eigenvalue weighted by molar-refractivity contribution is 7.15. The number of halogens is 8. The summed E-state index contributed by atoms with van der Waals surface area (Å²) in [6.07, 6.45) is -8.96. The molecule has 13 heteroatoms. The first-order chi connectivity index (χ1) is 17.8. The first-order valence-corrected chi connectivity index (χ1v) is 12.1. The number of aromatic nitrogens is 1. The van der Waals surface area contributed by atoms with Gasteiger partial charge in [-0.2, -0.15) is 31.6 Å². The van der Waals surface area contributed by atoms with Gasteiger partial charge in [0.2, 0.25) is 0 Å². The van der Waals surface area contributed by atoms with Gasteiger partial charge in [0.1, 0.15) is 23.5 Å². The SMILES string of the molecule is N#Cc1cc(F)c(OCc2sc(-c3ccc(C(F)(F)F)cc3)nc2CN2CCC(C(F)(F)F)CC2)cc1F. The van der Waals surface area contributed by atoms with Gasteiger partial charge >= 0.3 is 12.4 Å². The number of thiazole rings is 1. The second-order valence-corrected chi connectivity index (χ2v) is 9.80. The molecule has 4 rings (SSSR count). The van der Waals surface area contributed by atoms with Crippen molar-refractivity contribution in [2.24, 2.45) is 5.92 Å². The highest BCUT2D eigenvalue weighted by Gasteiger charge is 2.41. The molecule has 2 aromatic carbocycles. The summed E-state index contributed by atoms with van der Waals surface area (Å²) < 4.78 is 112. The summed E-state index contributed by atoms with van der Waals surface area (Å²) in [6, 6.07) is 7.25. The van der Waals surface area contributed by atoms with Crippen LogP contribution in [0.1, 0.15) is 34.5 Å². The van der Waals surface area contributed by atoms with Crippen LogP contribution in [0.4, 0.5) is 35.1 Å². The van der Waals surface area contributed by atoms with Gasteiger partial charge in [0.05, 0.1) is 27.6 Å². The van der Waals surface area contributed by atoms with Crippen molar-refractivity contribution in [3.05, 3.63) is 69.7 Å². The van der Waals surface area contributed by atoms with Gasteiger partial charge in [-0.25, -0.2) is 13.8 Å². The molecule has 0 spiro atoms. The number of piperidine rings is 1. The summed E-state index contributed by atoms with van der Waals surface area (Å²) in [5, 5.41) is 9.17. The van der Waals surface area contributed by atoms with Gasteiger partial charge in [0.15, 0.2) is 11.6 Å². The van der Waals surface area contributed by atoms with E-state index in [2.05, 4.69) is 4.98 Å². The fourth-order valence-corrected chi connectivity index (χ4v) is 5.03. The van der Waals surface area contributed by atoms with Crippen molar-refractivity contribution >= 4 is 11.3 Å². The van der Waals surface area contributed by atoms with Crippen LogP contribution in [-0.4, -0.2) is 29.1 Å². The molecular weight excluding hydrogens is 542 g/mol. The Kier molecular flexibility index (Phi) is 7.94. The minimum Gasteiger partial charge on any atom is -0.485 e. The van der Waals surface area contributed by atoms with Gasteiger partial charge in [-0.15, -0.1) is 11.3 Å². The summed E-state index contributed by atoms with van der Waals surface area (Å²) in [6.45, 7) is 0.180. The van der Waals surface area contributed by atoms with Crippen LogP contribution < -0.4 is 4.74 Å². The molecule has 202 valence electrons. The molecule has 1 aromatic heterocycles. The van der Waals surface area contributed by atoms with Crippen molar-refractivity contribution < 1.29 is 39.9 Å². The van der Waals surface area contributed by atoms with E-state index in [1.165, 1.54) is 18.2 Å². The van der Waals surface area contributed by atoms with Gasteiger partial charge in [-0.05, 0) is 44.1 Å². The van der Waals surface area contributed by atoms with Crippen molar-refractivity contribution in [2.45, 2.75) is 38.3 Å². The number of nitrogens with zero attached hydrogens (tertiary/aromatic N) is 3. The minimum absolute atomic E-state index is 0.0824. The quantitative estimate of drug-likeness (QED) is 0.296. The lowest BCUT2D eigenvalue weighted by Gasteiger charge is -2.32. The third-order valence-electron chi connectivity index (χ3n) is 6.16. The monoisotopic (exact) mass is 561 g/mol. The number of hydrogen-bond donors (Lipinski definition) is 0. The first-order valence-electron chi connectivity index (χ1n) is 11.3. The molecular formula is C25H19F8N3OS. The highest BCUT2D eigenvalue weighted by Crippen LogP contribution is 2.37. The number of likely N-dealkylation sites (tertiary alicyclic amines) is 1. The molecule has 1 fully saturated rings. The summed E-state index contributed by atoms with van der Waals surface area (Å²) in [4.78, 5) is 6.72. The van der Waals surface area contributed by atoms with Crippen molar-refractivity contribution in [1.29, 1.82) is 5.26 Å². The van der Waals surface area contributed by atoms with Crippen LogP contribution in [-0.2, 0) is 19.3 Å². The molecule has 0 aliphatic carbocycles. The van der Waals surface area contributed by atoms with Crippen molar-refractivity contribution in [1.82, 2.24) is 9.88 Å². The molecule has 2 heterocycles. The molecule has 0 bridgehead atoms. The lowest BCUT2D eigenvalue weighted by atomic mass is 9.96. The van der Waals surface area contributed by atoms with Gasteiger partial charge in [0, 0.05) is 18.2 Å². The fraction of sp³-hybridized carbons (Fsp3) is 0.360. The topological polar surface area (TPSA) is 49.1 Å². The molecule has 0 radical (unpaired) electrons. The second kappa shape index (κ2) is 10.9. The van der Waals surface area contributed by atoms with E-state index in [9.17, 15) is 35.1 Å². The molecule has 3 aromatic rings. The Labute approximate surface area is 216 Å². The van der Waals surface area contributed by atoms with E-state index in [0.717, 1.165) is 29.5 Å². The molecule has 0 atom stereocenters. The standard InChI is InChI=1S/C25H19F8N3OS/c26-18-10-21(19(27)9-15(18)11-34)37-13-22-20(12-36-7-5-17(6-8-36)25(31,32)33)35-23(38-22)14-1-3-16(4-2-14)24(28,29)30/h1-4,9-10,17H,5-8,12-13H2. The third kappa shape index (κ3) is 6.42. The van der Waals surface area contributed by atoms with Crippen LogP contribution in [0, 0.1) is 28.9 Å². The van der Waals surface area contributed by atoms with Crippen molar-refractivity contribution in [2.75, 3.05) is 13.1 Å². The van der Waals surface area contributed by atoms with E-state index >= 15 is 0 Å². The Morgan fingerprint density at radius 2 is 1.66 bits per heavy atom. The summed E-state index contributed by atoms with van der Waals surface area (Å²) >= 11 is 1.06. The van der Waals surface area contributed by atoms with Crippen LogP contribution in [0.25, 0.3) is 10.6 Å². The maximum Gasteiger partial charge on any atom is 0.416 e. The molecule has 38 heavy (non-hydrogen) atoms. The normalized spacial score (nSPS) is 15.4. The number of nitriles is 1. The summed E-state index contributed by atoms with van der Waals surface area (Å²) in [5.41, 5.74) is -0.556. The van der Waals surface area contributed by atoms with Crippen LogP contribution in [0.15, 0.2) is 36.4 Å². The Hall–Kier alpha value is -3.24. The Morgan fingerprint density at radius 1 is 1.00 bits per heavy atom. The van der Waals surface area contributed by atoms with E-state index in [0.29, 0.717) is 27.2 Å². The molecule has 1 saturated heterocycles. The van der Waals surface area contributed by atoms with Crippen molar-refractivity contribution in [3.8, 4) is 22.4 Å². The molecule has 1 aliphatic heterocycles. The second-order valence-electron chi connectivity index (χ2n) is 8.72. The zero-order valence-electron chi connectivity index (χ0n) is 19.5. The maximum atomic E-state index is 14.3. The average Bonchev–Trinajstić information content (AvgIpc) is 3.26. The maximum absolute atomic E-state index is 14.3. The Morgan fingerprint density at radius 3 is 2.24 bits per heavy atom. The smallest absolute Gasteiger partial charge is 0.416 e. The molecule has 4 nitrogen and oxygen atoms in total. The minimum atomic E-state index is -4.52. The van der Waals surface area contributed by atoms with Gasteiger partial charge < -0.3 is 4.74 Å². The number of benzene rings is 2. The van der Waals surface area contributed by atoms with Crippen LogP contribution in [0.3, 0.4) is 0 Å². The molecule has 0 amide bonds. The van der Waals surface area contributed by atoms with Gasteiger partial charge in [-0.3, -0.25) is 4.90 Å². The lowest BCUT2D eigenvalue weighted by Crippen LogP contribution is -2.38. The van der Waals surface area contributed by atoms with E-state index in [1.54, 1.807) is 4.90 Å². The predicted molar refractivity (Wildman–Crippen MR) is 122 cm³/mol. The molecule has 0 unspecified atom stereocenters. The van der Waals surface area contributed by atoms with Crippen LogP contribution in [0.5, 0.6) is 5.75 Å². The first kappa shape index (κ1) is 27.8. The molecule has 1 aliphatic rings. The Bertz CT molecular complexity index is 1320. The lowest BCUT2D eigenvalue weighted by molar-refractivity contribution is -0.185. The zero-order valence-corrected chi connectivity index (χ0v) is 20.3. The highest BCUT2D eigenvalue weighted by atomic mass is 32.1. The van der Waals surface area contributed by atoms with E-state index in [1.807, 2.05) is 0 Å². The number of hydrogen-bond acceptors (Lipinski definition) is 5. The van der Waals surface area contributed by atoms with E-state index in [-0.39, 0.29) is 39.1 Å². The van der Waals surface area contributed by atoms with E-state index in [4.69, 9.17) is 10.00 Å². The van der Waals surface area contributed by atoms with E-state index < -0.39 is 46.8 Å². The average molecular weight is 561 g/mol. The van der Waals surface area contributed by atoms with Gasteiger partial charge in [0.25, 0.3) is 0 Å². The summed E-state index contributed by atoms with van der Waals surface area (Å²) in [7, 11) is 0. The molecule has 0 N–H and O–H groups in total. The van der Waals surface area contributed by atoms with Crippen LogP contribution >= 0.6 is 11.3 Å². The summed E-state index contributed by atoms with van der Waals surface area (Å²) in [5.74, 6) is -3.80. The third-order valence-corrected chi connectivity index (χ3v) is 7.28. The number of rotatable bonds is 6. The van der Waals surface area contributed by atoms with Crippen molar-refractivity contribution in [3.63, 3.8) is 0 Å². The number of alkyl halides is 6. The largest absolute Gasteiger partial charge is 0.485 e.